The van der Waals surface area contributed by atoms with Gasteiger partial charge in [0.05, 0.1) is 19.3 Å². The molecule has 1 heterocycles. The highest BCUT2D eigenvalue weighted by Crippen LogP contribution is 2.22. The number of nitrogens with two attached hydrogens (primary N) is 1. The van der Waals surface area contributed by atoms with Gasteiger partial charge in [-0.3, -0.25) is 0 Å². The molecule has 2 rings (SSSR count). The molecule has 0 radical (unpaired) electrons. The lowest BCUT2D eigenvalue weighted by atomic mass is 10.1. The van der Waals surface area contributed by atoms with Crippen LogP contribution in [0, 0.1) is 0 Å². The zero-order valence-electron chi connectivity index (χ0n) is 14.3. The minimum absolute atomic E-state index is 0.00622. The van der Waals surface area contributed by atoms with E-state index in [9.17, 15) is 4.39 Å². The highest BCUT2D eigenvalue weighted by atomic mass is 19.1. The molecule has 0 fully saturated rings. The molecular weight excluding hydrogens is 309 g/mol. The van der Waals surface area contributed by atoms with E-state index < -0.39 is 5.67 Å². The van der Waals surface area contributed by atoms with Crippen molar-refractivity contribution < 1.29 is 9.13 Å². The molecule has 7 heteroatoms. The Labute approximate surface area is 141 Å². The van der Waals surface area contributed by atoms with Gasteiger partial charge in [-0.2, -0.15) is 15.0 Å². The van der Waals surface area contributed by atoms with Gasteiger partial charge in [-0.1, -0.05) is 37.3 Å². The SMILES string of the molecule is CCC(COCc1ccccc1)Nc1nc(N)nc(C(C)(C)F)n1. The third-order valence-electron chi connectivity index (χ3n) is 3.44. The topological polar surface area (TPSA) is 86.0 Å². The van der Waals surface area contributed by atoms with E-state index in [1.807, 2.05) is 37.3 Å². The maximum absolute atomic E-state index is 14.0. The lowest BCUT2D eigenvalue weighted by Crippen LogP contribution is -2.27. The Bertz CT molecular complexity index is 645. The number of hydrogen-bond acceptors (Lipinski definition) is 6. The minimum atomic E-state index is -1.68. The summed E-state index contributed by atoms with van der Waals surface area (Å²) in [4.78, 5) is 12.0. The molecule has 1 atom stereocenters. The van der Waals surface area contributed by atoms with Crippen LogP contribution >= 0.6 is 0 Å². The summed E-state index contributed by atoms with van der Waals surface area (Å²) < 4.78 is 19.8. The van der Waals surface area contributed by atoms with Crippen molar-refractivity contribution >= 4 is 11.9 Å². The fraction of sp³-hybridized carbons (Fsp3) is 0.471. The predicted octanol–water partition coefficient (Wildman–Crippen LogP) is 3.07. The predicted molar refractivity (Wildman–Crippen MR) is 92.2 cm³/mol. The second-order valence-electron chi connectivity index (χ2n) is 6.06. The van der Waals surface area contributed by atoms with E-state index in [0.717, 1.165) is 12.0 Å². The van der Waals surface area contributed by atoms with Crippen LogP contribution in [0.25, 0.3) is 0 Å². The molecule has 1 aromatic heterocycles. The molecule has 1 aromatic carbocycles. The summed E-state index contributed by atoms with van der Waals surface area (Å²) in [7, 11) is 0. The summed E-state index contributed by atoms with van der Waals surface area (Å²) in [5, 5.41) is 3.13. The zero-order valence-corrected chi connectivity index (χ0v) is 14.3. The average molecular weight is 333 g/mol. The lowest BCUT2D eigenvalue weighted by molar-refractivity contribution is 0.111. The van der Waals surface area contributed by atoms with Gasteiger partial charge < -0.3 is 15.8 Å². The molecule has 2 aromatic rings. The number of benzene rings is 1. The first-order valence-electron chi connectivity index (χ1n) is 7.97. The monoisotopic (exact) mass is 333 g/mol. The fourth-order valence-corrected chi connectivity index (χ4v) is 2.06. The van der Waals surface area contributed by atoms with Gasteiger partial charge in [0.25, 0.3) is 0 Å². The number of halogens is 1. The number of nitrogens with one attached hydrogen (secondary N) is 1. The summed E-state index contributed by atoms with van der Waals surface area (Å²) in [6, 6.07) is 9.93. The Hall–Kier alpha value is -2.28. The van der Waals surface area contributed by atoms with Crippen LogP contribution in [0.1, 0.15) is 38.6 Å². The summed E-state index contributed by atoms with van der Waals surface area (Å²) in [5.41, 5.74) is 5.08. The Morgan fingerprint density at radius 2 is 1.92 bits per heavy atom. The van der Waals surface area contributed by atoms with Gasteiger partial charge in [0.1, 0.15) is 0 Å². The molecule has 1 unspecified atom stereocenters. The number of aromatic nitrogens is 3. The third-order valence-corrected chi connectivity index (χ3v) is 3.44. The quantitative estimate of drug-likeness (QED) is 0.772. The molecule has 24 heavy (non-hydrogen) atoms. The van der Waals surface area contributed by atoms with E-state index in [4.69, 9.17) is 10.5 Å². The smallest absolute Gasteiger partial charge is 0.228 e. The van der Waals surface area contributed by atoms with Crippen molar-refractivity contribution in [1.82, 2.24) is 15.0 Å². The first-order chi connectivity index (χ1) is 11.4. The van der Waals surface area contributed by atoms with Crippen molar-refractivity contribution in [1.29, 1.82) is 0 Å². The van der Waals surface area contributed by atoms with Gasteiger partial charge in [-0.15, -0.1) is 0 Å². The van der Waals surface area contributed by atoms with Gasteiger partial charge in [0, 0.05) is 0 Å². The standard InChI is InChI=1S/C17H24FN5O/c1-4-13(11-24-10-12-8-6-5-7-9-12)20-16-22-14(17(2,3)18)21-15(19)23-16/h5-9,13H,4,10-11H2,1-3H3,(H3,19,20,21,22,23). The molecule has 0 saturated carbocycles. The Balaban J connectivity index is 1.96. The van der Waals surface area contributed by atoms with Crippen LogP contribution in [0.5, 0.6) is 0 Å². The number of ether oxygens (including phenoxy) is 1. The summed E-state index contributed by atoms with van der Waals surface area (Å²) >= 11 is 0. The van der Waals surface area contributed by atoms with Crippen LogP contribution in [-0.4, -0.2) is 27.6 Å². The third kappa shape index (κ3) is 5.42. The summed E-state index contributed by atoms with van der Waals surface area (Å²) in [5.74, 6) is 0.268. The minimum Gasteiger partial charge on any atom is -0.375 e. The van der Waals surface area contributed by atoms with Crippen LogP contribution in [0.4, 0.5) is 16.3 Å². The Morgan fingerprint density at radius 1 is 1.21 bits per heavy atom. The van der Waals surface area contributed by atoms with E-state index in [1.165, 1.54) is 13.8 Å². The average Bonchev–Trinajstić information content (AvgIpc) is 2.53. The number of rotatable bonds is 8. The fourth-order valence-electron chi connectivity index (χ4n) is 2.06. The van der Waals surface area contributed by atoms with Crippen molar-refractivity contribution in [2.75, 3.05) is 17.7 Å². The van der Waals surface area contributed by atoms with Crippen LogP contribution < -0.4 is 11.1 Å². The number of alkyl halides is 1. The molecule has 0 amide bonds. The maximum Gasteiger partial charge on any atom is 0.228 e. The number of hydrogen-bond donors (Lipinski definition) is 2. The van der Waals surface area contributed by atoms with Gasteiger partial charge in [-0.25, -0.2) is 4.39 Å². The van der Waals surface area contributed by atoms with E-state index in [1.54, 1.807) is 0 Å². The number of anilines is 2. The molecule has 0 bridgehead atoms. The van der Waals surface area contributed by atoms with Crippen molar-refractivity contribution in [3.05, 3.63) is 41.7 Å². The van der Waals surface area contributed by atoms with E-state index >= 15 is 0 Å². The maximum atomic E-state index is 14.0. The molecular formula is C17H24FN5O. The summed E-state index contributed by atoms with van der Waals surface area (Å²) in [6.07, 6.45) is 0.800. The molecule has 0 aliphatic heterocycles. The van der Waals surface area contributed by atoms with Gasteiger partial charge >= 0.3 is 0 Å². The van der Waals surface area contributed by atoms with Crippen molar-refractivity contribution in [2.45, 2.75) is 45.5 Å². The van der Waals surface area contributed by atoms with Crippen molar-refractivity contribution in [2.24, 2.45) is 0 Å². The number of nitrogens with zero attached hydrogens (tertiary/aromatic N) is 3. The van der Waals surface area contributed by atoms with Crippen LogP contribution in [0.15, 0.2) is 30.3 Å². The largest absolute Gasteiger partial charge is 0.375 e. The molecule has 0 saturated heterocycles. The van der Waals surface area contributed by atoms with Crippen LogP contribution in [0.2, 0.25) is 0 Å². The van der Waals surface area contributed by atoms with Crippen LogP contribution in [0.3, 0.4) is 0 Å². The molecule has 130 valence electrons. The van der Waals surface area contributed by atoms with Crippen molar-refractivity contribution in [3.63, 3.8) is 0 Å². The first-order valence-corrected chi connectivity index (χ1v) is 7.97. The second kappa shape index (κ2) is 8.01. The molecule has 0 aliphatic carbocycles. The highest BCUT2D eigenvalue weighted by Gasteiger charge is 2.24. The number of nitrogen functional groups attached to an aromatic ring is 1. The molecule has 3 N–H and O–H groups in total. The van der Waals surface area contributed by atoms with E-state index in [-0.39, 0.29) is 23.8 Å². The van der Waals surface area contributed by atoms with Gasteiger partial charge in [-0.05, 0) is 25.8 Å². The molecule has 6 nitrogen and oxygen atoms in total. The van der Waals surface area contributed by atoms with E-state index in [0.29, 0.717) is 13.2 Å². The molecule has 0 aliphatic rings. The van der Waals surface area contributed by atoms with Crippen LogP contribution in [-0.2, 0) is 17.0 Å². The van der Waals surface area contributed by atoms with Crippen molar-refractivity contribution in [3.8, 4) is 0 Å². The highest BCUT2D eigenvalue weighted by molar-refractivity contribution is 5.33. The Morgan fingerprint density at radius 3 is 2.54 bits per heavy atom. The summed E-state index contributed by atoms with van der Waals surface area (Å²) in [6.45, 7) is 5.79. The first kappa shape index (κ1) is 18.1. The second-order valence-corrected chi connectivity index (χ2v) is 6.06. The molecule has 0 spiro atoms. The Kier molecular flexibility index (Phi) is 6.03. The van der Waals surface area contributed by atoms with Gasteiger partial charge in [0.2, 0.25) is 11.9 Å². The van der Waals surface area contributed by atoms with Gasteiger partial charge in [0.15, 0.2) is 11.5 Å². The van der Waals surface area contributed by atoms with E-state index in [2.05, 4.69) is 20.3 Å². The lowest BCUT2D eigenvalue weighted by Gasteiger charge is -2.19. The normalized spacial score (nSPS) is 12.8. The zero-order chi connectivity index (χ0) is 17.6.